The van der Waals surface area contributed by atoms with E-state index < -0.39 is 0 Å². The van der Waals surface area contributed by atoms with Gasteiger partial charge in [-0.1, -0.05) is 42.5 Å². The highest BCUT2D eigenvalue weighted by Crippen LogP contribution is 2.13. The molecule has 0 saturated heterocycles. The Morgan fingerprint density at radius 1 is 1.05 bits per heavy atom. The zero-order valence-corrected chi connectivity index (χ0v) is 13.0. The summed E-state index contributed by atoms with van der Waals surface area (Å²) in [5, 5.41) is 8.73. The van der Waals surface area contributed by atoms with Crippen molar-refractivity contribution in [1.29, 1.82) is 5.26 Å². The number of nitrogens with zero attached hydrogens (tertiary/aromatic N) is 1. The third kappa shape index (κ3) is 5.63. The molecule has 0 spiro atoms. The molecule has 2 rings (SSSR count). The quantitative estimate of drug-likeness (QED) is 0.733. The average molecular weight is 311 g/mol. The molecule has 4 heteroatoms. The van der Waals surface area contributed by atoms with Crippen LogP contribution in [0.1, 0.15) is 16.7 Å². The van der Waals surface area contributed by atoms with E-state index in [9.17, 15) is 4.79 Å². The molecule has 0 bridgehead atoms. The first-order chi connectivity index (χ1) is 10.8. The van der Waals surface area contributed by atoms with E-state index in [1.165, 1.54) is 17.3 Å². The molecule has 0 unspecified atom stereocenters. The van der Waals surface area contributed by atoms with Crippen molar-refractivity contribution in [2.24, 2.45) is 0 Å². The zero-order valence-electron chi connectivity index (χ0n) is 12.2. The van der Waals surface area contributed by atoms with Gasteiger partial charge in [-0.05, 0) is 23.3 Å². The van der Waals surface area contributed by atoms with Crippen molar-refractivity contribution in [3.8, 4) is 6.07 Å². The molecule has 22 heavy (non-hydrogen) atoms. The Kier molecular flexibility index (Phi) is 6.53. The Morgan fingerprint density at radius 3 is 2.45 bits per heavy atom. The van der Waals surface area contributed by atoms with Gasteiger partial charge in [-0.25, -0.2) is 0 Å². The van der Waals surface area contributed by atoms with Crippen molar-refractivity contribution in [3.05, 3.63) is 71.3 Å². The van der Waals surface area contributed by atoms with Gasteiger partial charge in [0.15, 0.2) is 0 Å². The number of nitriles is 1. The molecule has 0 aliphatic heterocycles. The van der Waals surface area contributed by atoms with Crippen LogP contribution < -0.4 is 0 Å². The summed E-state index contributed by atoms with van der Waals surface area (Å²) < 4.78 is 5.22. The maximum Gasteiger partial charge on any atom is 0.315 e. The van der Waals surface area contributed by atoms with Crippen molar-refractivity contribution in [2.45, 2.75) is 12.2 Å². The van der Waals surface area contributed by atoms with Crippen LogP contribution in [0.5, 0.6) is 0 Å². The summed E-state index contributed by atoms with van der Waals surface area (Å²) in [6.07, 6.45) is 0.743. The van der Waals surface area contributed by atoms with E-state index in [4.69, 9.17) is 10.00 Å². The normalized spacial score (nSPS) is 9.95. The van der Waals surface area contributed by atoms with Crippen LogP contribution in [-0.2, 0) is 21.7 Å². The summed E-state index contributed by atoms with van der Waals surface area (Å²) in [4.78, 5) is 11.6. The predicted octanol–water partition coefficient (Wildman–Crippen LogP) is 3.58. The van der Waals surface area contributed by atoms with Gasteiger partial charge in [0.2, 0.25) is 0 Å². The number of carbonyl (C=O) groups is 1. The molecule has 0 amide bonds. The van der Waals surface area contributed by atoms with E-state index in [0.29, 0.717) is 17.9 Å². The monoisotopic (exact) mass is 311 g/mol. The number of benzene rings is 2. The first kappa shape index (κ1) is 16.1. The molecule has 112 valence electrons. The van der Waals surface area contributed by atoms with Crippen LogP contribution >= 0.6 is 11.8 Å². The molecule has 0 aliphatic rings. The minimum Gasteiger partial charge on any atom is -0.465 e. The number of carbonyl (C=O) groups excluding carboxylic acids is 1. The molecule has 0 radical (unpaired) electrons. The summed E-state index contributed by atoms with van der Waals surface area (Å²) >= 11 is 1.52. The van der Waals surface area contributed by atoms with Gasteiger partial charge in [0, 0.05) is 12.2 Å². The fourth-order valence-corrected chi connectivity index (χ4v) is 2.68. The first-order valence-corrected chi connectivity index (χ1v) is 8.20. The lowest BCUT2D eigenvalue weighted by Gasteiger charge is -2.05. The van der Waals surface area contributed by atoms with Crippen molar-refractivity contribution in [3.63, 3.8) is 0 Å². The van der Waals surface area contributed by atoms with E-state index in [1.54, 1.807) is 12.1 Å². The zero-order chi connectivity index (χ0) is 15.6. The van der Waals surface area contributed by atoms with Gasteiger partial charge in [0.05, 0.1) is 24.0 Å². The van der Waals surface area contributed by atoms with E-state index >= 15 is 0 Å². The second kappa shape index (κ2) is 8.91. The standard InChI is InChI=1S/C18H17NO2S/c19-12-16-6-8-17(9-7-16)13-22-14-18(20)21-11-10-15-4-2-1-3-5-15/h1-9H,10-11,13-14H2. The molecular weight excluding hydrogens is 294 g/mol. The number of ether oxygens (including phenoxy) is 1. The molecule has 0 fully saturated rings. The Morgan fingerprint density at radius 2 is 1.77 bits per heavy atom. The van der Waals surface area contributed by atoms with Crippen molar-refractivity contribution in [2.75, 3.05) is 12.4 Å². The van der Waals surface area contributed by atoms with Gasteiger partial charge in [0.25, 0.3) is 0 Å². The lowest BCUT2D eigenvalue weighted by molar-refractivity contribution is -0.140. The minimum atomic E-state index is -0.186. The topological polar surface area (TPSA) is 50.1 Å². The van der Waals surface area contributed by atoms with Gasteiger partial charge in [-0.2, -0.15) is 5.26 Å². The Bertz CT molecular complexity index is 632. The minimum absolute atomic E-state index is 0.186. The summed E-state index contributed by atoms with van der Waals surface area (Å²) in [5.41, 5.74) is 2.91. The highest BCUT2D eigenvalue weighted by Gasteiger charge is 2.04. The summed E-state index contributed by atoms with van der Waals surface area (Å²) in [6.45, 7) is 0.417. The number of esters is 1. The van der Waals surface area contributed by atoms with Crippen LogP contribution in [-0.4, -0.2) is 18.3 Å². The Hall–Kier alpha value is -2.25. The molecule has 0 heterocycles. The van der Waals surface area contributed by atoms with E-state index in [1.807, 2.05) is 42.5 Å². The largest absolute Gasteiger partial charge is 0.465 e. The highest BCUT2D eigenvalue weighted by atomic mass is 32.2. The molecule has 0 N–H and O–H groups in total. The Balaban J connectivity index is 1.62. The van der Waals surface area contributed by atoms with E-state index in [2.05, 4.69) is 6.07 Å². The molecule has 2 aromatic carbocycles. The van der Waals surface area contributed by atoms with E-state index in [0.717, 1.165) is 17.7 Å². The van der Waals surface area contributed by atoms with Crippen LogP contribution in [0.15, 0.2) is 54.6 Å². The summed E-state index contributed by atoms with van der Waals surface area (Å²) in [5.74, 6) is 0.892. The fraction of sp³-hybridized carbons (Fsp3) is 0.222. The van der Waals surface area contributed by atoms with Crippen molar-refractivity contribution in [1.82, 2.24) is 0 Å². The third-order valence-corrected chi connectivity index (χ3v) is 4.05. The van der Waals surface area contributed by atoms with Crippen molar-refractivity contribution >= 4 is 17.7 Å². The molecule has 0 aliphatic carbocycles. The Labute approximate surface area is 134 Å². The van der Waals surface area contributed by atoms with E-state index in [-0.39, 0.29) is 5.97 Å². The maximum absolute atomic E-state index is 11.6. The smallest absolute Gasteiger partial charge is 0.315 e. The van der Waals surface area contributed by atoms with Crippen LogP contribution in [0.25, 0.3) is 0 Å². The van der Waals surface area contributed by atoms with Gasteiger partial charge < -0.3 is 4.74 Å². The lowest BCUT2D eigenvalue weighted by Crippen LogP contribution is -2.10. The molecule has 0 aromatic heterocycles. The second-order valence-electron chi connectivity index (χ2n) is 4.76. The molecular formula is C18H17NO2S. The van der Waals surface area contributed by atoms with Crippen LogP contribution in [0.3, 0.4) is 0 Å². The number of thioether (sulfide) groups is 1. The molecule has 0 atom stereocenters. The molecule has 2 aromatic rings. The fourth-order valence-electron chi connectivity index (χ4n) is 1.90. The van der Waals surface area contributed by atoms with Gasteiger partial charge in [-0.15, -0.1) is 11.8 Å². The second-order valence-corrected chi connectivity index (χ2v) is 5.74. The number of rotatable bonds is 7. The van der Waals surface area contributed by atoms with Crippen LogP contribution in [0, 0.1) is 11.3 Å². The van der Waals surface area contributed by atoms with Crippen LogP contribution in [0.2, 0.25) is 0 Å². The molecule has 3 nitrogen and oxygen atoms in total. The van der Waals surface area contributed by atoms with Crippen molar-refractivity contribution < 1.29 is 9.53 Å². The summed E-state index contributed by atoms with van der Waals surface area (Å²) in [7, 11) is 0. The highest BCUT2D eigenvalue weighted by molar-refractivity contribution is 7.99. The number of hydrogen-bond donors (Lipinski definition) is 0. The average Bonchev–Trinajstić information content (AvgIpc) is 2.56. The predicted molar refractivity (Wildman–Crippen MR) is 88.4 cm³/mol. The molecule has 0 saturated carbocycles. The maximum atomic E-state index is 11.6. The first-order valence-electron chi connectivity index (χ1n) is 7.04. The lowest BCUT2D eigenvalue weighted by atomic mass is 10.2. The third-order valence-electron chi connectivity index (χ3n) is 3.07. The van der Waals surface area contributed by atoms with Crippen LogP contribution in [0.4, 0.5) is 0 Å². The summed E-state index contributed by atoms with van der Waals surface area (Å²) in [6, 6.07) is 19.4. The van der Waals surface area contributed by atoms with Gasteiger partial charge in [-0.3, -0.25) is 4.79 Å². The van der Waals surface area contributed by atoms with Gasteiger partial charge >= 0.3 is 5.97 Å². The van der Waals surface area contributed by atoms with Gasteiger partial charge in [0.1, 0.15) is 0 Å². The SMILES string of the molecule is N#Cc1ccc(CSCC(=O)OCCc2ccccc2)cc1. The number of hydrogen-bond acceptors (Lipinski definition) is 4.